The minimum atomic E-state index is -0.429. The summed E-state index contributed by atoms with van der Waals surface area (Å²) in [6.07, 6.45) is 4.72. The molecule has 0 spiro atoms. The smallest absolute Gasteiger partial charge is 0.259 e. The lowest BCUT2D eigenvalue weighted by molar-refractivity contribution is -0.120. The van der Waals surface area contributed by atoms with E-state index >= 15 is 0 Å². The van der Waals surface area contributed by atoms with Crippen LogP contribution in [0, 0.1) is 0 Å². The number of hydrogen-bond donors (Lipinski definition) is 2. The molecule has 23 heavy (non-hydrogen) atoms. The zero-order valence-electron chi connectivity index (χ0n) is 12.5. The molecule has 1 aromatic heterocycles. The van der Waals surface area contributed by atoms with Gasteiger partial charge in [-0.2, -0.15) is 5.10 Å². The summed E-state index contributed by atoms with van der Waals surface area (Å²) in [6.45, 7) is -0.180. The third-order valence-electron chi connectivity index (χ3n) is 2.83. The molecule has 0 saturated carbocycles. The summed E-state index contributed by atoms with van der Waals surface area (Å²) in [7, 11) is 1.52. The van der Waals surface area contributed by atoms with Crippen molar-refractivity contribution in [3.63, 3.8) is 0 Å². The Kier molecular flexibility index (Phi) is 5.81. The predicted octanol–water partition coefficient (Wildman–Crippen LogP) is 0.970. The summed E-state index contributed by atoms with van der Waals surface area (Å²) < 4.78 is 5.04. The number of ether oxygens (including phenoxy) is 1. The molecule has 0 aliphatic carbocycles. The van der Waals surface area contributed by atoms with Crippen molar-refractivity contribution in [2.45, 2.75) is 0 Å². The number of aromatic nitrogens is 1. The second-order valence-corrected chi connectivity index (χ2v) is 4.49. The molecule has 1 heterocycles. The van der Waals surface area contributed by atoms with Crippen molar-refractivity contribution in [3.8, 4) is 5.75 Å². The van der Waals surface area contributed by atoms with Crippen molar-refractivity contribution in [1.29, 1.82) is 0 Å². The van der Waals surface area contributed by atoms with Crippen molar-refractivity contribution in [1.82, 2.24) is 15.7 Å². The highest BCUT2D eigenvalue weighted by Gasteiger charge is 2.08. The Morgan fingerprint density at radius 3 is 2.91 bits per heavy atom. The molecule has 2 aromatic rings. The third kappa shape index (κ3) is 5.24. The molecule has 0 bridgehead atoms. The van der Waals surface area contributed by atoms with E-state index in [0.717, 1.165) is 5.56 Å². The molecule has 2 rings (SSSR count). The van der Waals surface area contributed by atoms with E-state index in [1.165, 1.54) is 13.3 Å². The summed E-state index contributed by atoms with van der Waals surface area (Å²) in [6, 6.07) is 10.2. The molecule has 0 saturated heterocycles. The fraction of sp³-hybridized carbons (Fsp3) is 0.125. The van der Waals surface area contributed by atoms with Crippen molar-refractivity contribution in [2.24, 2.45) is 5.10 Å². The molecule has 0 unspecified atom stereocenters. The molecule has 1 aromatic carbocycles. The molecule has 7 nitrogen and oxygen atoms in total. The van der Waals surface area contributed by atoms with E-state index in [4.69, 9.17) is 4.74 Å². The van der Waals surface area contributed by atoms with Gasteiger partial charge in [-0.15, -0.1) is 0 Å². The summed E-state index contributed by atoms with van der Waals surface area (Å²) in [5, 5.41) is 6.29. The molecule has 0 aliphatic heterocycles. The van der Waals surface area contributed by atoms with Crippen molar-refractivity contribution in [3.05, 3.63) is 59.9 Å². The highest BCUT2D eigenvalue weighted by molar-refractivity contribution is 5.96. The predicted molar refractivity (Wildman–Crippen MR) is 85.3 cm³/mol. The minimum absolute atomic E-state index is 0.180. The van der Waals surface area contributed by atoms with Gasteiger partial charge < -0.3 is 10.1 Å². The van der Waals surface area contributed by atoms with E-state index in [1.54, 1.807) is 48.8 Å². The summed E-state index contributed by atoms with van der Waals surface area (Å²) in [5.74, 6) is -0.222. The average molecular weight is 312 g/mol. The molecule has 2 amide bonds. The SMILES string of the molecule is COc1cccc(C(=O)NCC(=O)N/N=C\c2cccnc2)c1. The lowest BCUT2D eigenvalue weighted by Crippen LogP contribution is -2.34. The Labute approximate surface area is 133 Å². The Morgan fingerprint density at radius 2 is 2.17 bits per heavy atom. The fourth-order valence-corrected chi connectivity index (χ4v) is 1.70. The zero-order valence-corrected chi connectivity index (χ0v) is 12.5. The lowest BCUT2D eigenvalue weighted by Gasteiger charge is -2.05. The van der Waals surface area contributed by atoms with Crippen LogP contribution < -0.4 is 15.5 Å². The first-order valence-corrected chi connectivity index (χ1v) is 6.83. The maximum absolute atomic E-state index is 11.9. The highest BCUT2D eigenvalue weighted by Crippen LogP contribution is 2.12. The van der Waals surface area contributed by atoms with Gasteiger partial charge in [-0.3, -0.25) is 14.6 Å². The van der Waals surface area contributed by atoms with Gasteiger partial charge in [-0.1, -0.05) is 12.1 Å². The summed E-state index contributed by atoms with van der Waals surface area (Å²) in [4.78, 5) is 27.4. The van der Waals surface area contributed by atoms with E-state index in [0.29, 0.717) is 11.3 Å². The average Bonchev–Trinajstić information content (AvgIpc) is 2.60. The highest BCUT2D eigenvalue weighted by atomic mass is 16.5. The van der Waals surface area contributed by atoms with E-state index in [-0.39, 0.29) is 12.5 Å². The van der Waals surface area contributed by atoms with Crippen LogP contribution in [-0.2, 0) is 4.79 Å². The lowest BCUT2D eigenvalue weighted by atomic mass is 10.2. The maximum Gasteiger partial charge on any atom is 0.259 e. The summed E-state index contributed by atoms with van der Waals surface area (Å²) >= 11 is 0. The number of carbonyl (C=O) groups is 2. The van der Waals surface area contributed by atoms with E-state index < -0.39 is 5.91 Å². The standard InChI is InChI=1S/C16H16N4O3/c1-23-14-6-2-5-13(8-14)16(22)18-11-15(21)20-19-10-12-4-3-7-17-9-12/h2-10H,11H2,1H3,(H,18,22)(H,20,21)/b19-10-. The fourth-order valence-electron chi connectivity index (χ4n) is 1.70. The summed E-state index contributed by atoms with van der Waals surface area (Å²) in [5.41, 5.74) is 3.49. The number of nitrogens with one attached hydrogen (secondary N) is 2. The number of rotatable bonds is 6. The van der Waals surface area contributed by atoms with Crippen LogP contribution in [0.15, 0.2) is 53.9 Å². The number of benzene rings is 1. The second-order valence-electron chi connectivity index (χ2n) is 4.49. The Hall–Kier alpha value is -3.22. The molecule has 2 N–H and O–H groups in total. The molecule has 0 atom stereocenters. The number of hydrogen-bond acceptors (Lipinski definition) is 5. The van der Waals surface area contributed by atoms with Crippen LogP contribution >= 0.6 is 0 Å². The van der Waals surface area contributed by atoms with Crippen LogP contribution in [0.25, 0.3) is 0 Å². The van der Waals surface area contributed by atoms with Crippen molar-refractivity contribution in [2.75, 3.05) is 13.7 Å². The van der Waals surface area contributed by atoms with Gasteiger partial charge in [-0.25, -0.2) is 5.43 Å². The number of pyridine rings is 1. The van der Waals surface area contributed by atoms with Gasteiger partial charge >= 0.3 is 0 Å². The Balaban J connectivity index is 1.79. The number of carbonyl (C=O) groups excluding carboxylic acids is 2. The molecule has 118 valence electrons. The minimum Gasteiger partial charge on any atom is -0.497 e. The monoisotopic (exact) mass is 312 g/mol. The van der Waals surface area contributed by atoms with E-state index in [9.17, 15) is 9.59 Å². The molecule has 0 fully saturated rings. The van der Waals surface area contributed by atoms with E-state index in [2.05, 4.69) is 20.8 Å². The van der Waals surface area contributed by atoms with Crippen LogP contribution in [0.5, 0.6) is 5.75 Å². The first-order valence-electron chi connectivity index (χ1n) is 6.83. The number of amides is 2. The molecular formula is C16H16N4O3. The molecule has 0 radical (unpaired) electrons. The second kappa shape index (κ2) is 8.28. The van der Waals surface area contributed by atoms with Gasteiger partial charge in [0.2, 0.25) is 0 Å². The largest absolute Gasteiger partial charge is 0.497 e. The van der Waals surface area contributed by atoms with Crippen LogP contribution in [0.4, 0.5) is 0 Å². The van der Waals surface area contributed by atoms with Crippen LogP contribution in [0.1, 0.15) is 15.9 Å². The number of nitrogens with zero attached hydrogens (tertiary/aromatic N) is 2. The molecule has 7 heteroatoms. The molecular weight excluding hydrogens is 296 g/mol. The van der Waals surface area contributed by atoms with Crippen LogP contribution in [0.2, 0.25) is 0 Å². The quantitative estimate of drug-likeness (QED) is 0.614. The van der Waals surface area contributed by atoms with Gasteiger partial charge in [0, 0.05) is 23.5 Å². The van der Waals surface area contributed by atoms with Crippen LogP contribution in [-0.4, -0.2) is 36.7 Å². The Morgan fingerprint density at radius 1 is 1.30 bits per heavy atom. The van der Waals surface area contributed by atoms with Gasteiger partial charge in [0.1, 0.15) is 5.75 Å². The number of methoxy groups -OCH3 is 1. The maximum atomic E-state index is 11.9. The number of hydrazone groups is 1. The normalized spacial score (nSPS) is 10.3. The van der Waals surface area contributed by atoms with Gasteiger partial charge in [-0.05, 0) is 24.3 Å². The first kappa shape index (κ1) is 16.2. The van der Waals surface area contributed by atoms with Gasteiger partial charge in [0.05, 0.1) is 19.9 Å². The van der Waals surface area contributed by atoms with E-state index in [1.807, 2.05) is 0 Å². The first-order chi connectivity index (χ1) is 11.2. The third-order valence-corrected chi connectivity index (χ3v) is 2.83. The van der Waals surface area contributed by atoms with Crippen molar-refractivity contribution >= 4 is 18.0 Å². The van der Waals surface area contributed by atoms with Crippen molar-refractivity contribution < 1.29 is 14.3 Å². The van der Waals surface area contributed by atoms with Gasteiger partial charge in [0.25, 0.3) is 11.8 Å². The van der Waals surface area contributed by atoms with Crippen LogP contribution in [0.3, 0.4) is 0 Å². The molecule has 0 aliphatic rings. The zero-order chi connectivity index (χ0) is 16.5. The topological polar surface area (TPSA) is 92.7 Å². The Bertz CT molecular complexity index is 701. The van der Waals surface area contributed by atoms with Gasteiger partial charge in [0.15, 0.2) is 0 Å².